The summed E-state index contributed by atoms with van der Waals surface area (Å²) in [5, 5.41) is 3.93. The van der Waals surface area contributed by atoms with Crippen molar-refractivity contribution < 1.29 is 14.1 Å². The summed E-state index contributed by atoms with van der Waals surface area (Å²) >= 11 is 0. The van der Waals surface area contributed by atoms with Gasteiger partial charge in [0.2, 0.25) is 0 Å². The van der Waals surface area contributed by atoms with Gasteiger partial charge in [-0.25, -0.2) is 0 Å². The number of benzene rings is 2. The lowest BCUT2D eigenvalue weighted by molar-refractivity contribution is 0.0730. The molecule has 0 saturated carbocycles. The molecule has 0 N–H and O–H groups in total. The van der Waals surface area contributed by atoms with Crippen LogP contribution < -0.4 is 4.74 Å². The van der Waals surface area contributed by atoms with Crippen LogP contribution >= 0.6 is 0 Å². The molecular weight excluding hydrogens is 352 g/mol. The number of hydrogen-bond acceptors (Lipinski definition) is 4. The highest BCUT2D eigenvalue weighted by atomic mass is 16.5. The van der Waals surface area contributed by atoms with E-state index in [-0.39, 0.29) is 11.9 Å². The van der Waals surface area contributed by atoms with Gasteiger partial charge in [0.15, 0.2) is 0 Å². The van der Waals surface area contributed by atoms with Crippen LogP contribution in [0, 0.1) is 13.8 Å². The molecule has 3 aromatic rings. The summed E-state index contributed by atoms with van der Waals surface area (Å²) < 4.78 is 11.0. The molecule has 5 nitrogen and oxygen atoms in total. The van der Waals surface area contributed by atoms with Gasteiger partial charge in [0.05, 0.1) is 17.3 Å². The van der Waals surface area contributed by atoms with Crippen molar-refractivity contribution in [1.29, 1.82) is 0 Å². The maximum atomic E-state index is 13.0. The van der Waals surface area contributed by atoms with Crippen LogP contribution in [0.5, 0.6) is 5.75 Å². The number of nitrogens with zero attached hydrogens (tertiary/aromatic N) is 2. The van der Waals surface area contributed by atoms with E-state index in [9.17, 15) is 4.79 Å². The molecule has 144 valence electrons. The van der Waals surface area contributed by atoms with Crippen LogP contribution in [-0.4, -0.2) is 23.0 Å². The van der Waals surface area contributed by atoms with Gasteiger partial charge in [-0.15, -0.1) is 0 Å². The Kier molecular flexibility index (Phi) is 4.90. The molecule has 0 spiro atoms. The fourth-order valence-corrected chi connectivity index (χ4v) is 3.84. The molecule has 5 heteroatoms. The highest BCUT2D eigenvalue weighted by Gasteiger charge is 2.28. The van der Waals surface area contributed by atoms with E-state index < -0.39 is 0 Å². The van der Waals surface area contributed by atoms with E-state index in [1.807, 2.05) is 56.1 Å². The fourth-order valence-electron chi connectivity index (χ4n) is 3.84. The number of rotatable bonds is 5. The van der Waals surface area contributed by atoms with Crippen LogP contribution in [0.25, 0.3) is 0 Å². The van der Waals surface area contributed by atoms with E-state index in [0.717, 1.165) is 29.9 Å². The van der Waals surface area contributed by atoms with Crippen LogP contribution in [-0.2, 0) is 13.0 Å². The molecule has 1 heterocycles. The molecule has 0 aliphatic heterocycles. The zero-order valence-corrected chi connectivity index (χ0v) is 16.4. The Morgan fingerprint density at radius 1 is 1.18 bits per heavy atom. The Bertz CT molecular complexity index is 972. The first-order valence-corrected chi connectivity index (χ1v) is 9.54. The van der Waals surface area contributed by atoms with Crippen molar-refractivity contribution >= 4 is 5.91 Å². The van der Waals surface area contributed by atoms with Crippen molar-refractivity contribution in [2.45, 2.75) is 39.3 Å². The van der Waals surface area contributed by atoms with Gasteiger partial charge < -0.3 is 14.2 Å². The first kappa shape index (κ1) is 18.3. The number of amides is 1. The van der Waals surface area contributed by atoms with E-state index in [1.54, 1.807) is 0 Å². The first-order valence-electron chi connectivity index (χ1n) is 9.54. The third kappa shape index (κ3) is 3.40. The molecule has 4 rings (SSSR count). The summed E-state index contributed by atoms with van der Waals surface area (Å²) in [5.41, 5.74) is 5.06. The Labute approximate surface area is 164 Å². The molecule has 0 unspecified atom stereocenters. The predicted octanol–water partition coefficient (Wildman–Crippen LogP) is 4.63. The number of hydrogen-bond donors (Lipinski definition) is 0. The minimum Gasteiger partial charge on any atom is -0.489 e. The second-order valence-electron chi connectivity index (χ2n) is 7.29. The lowest BCUT2D eigenvalue weighted by Crippen LogP contribution is -2.30. The second-order valence-corrected chi connectivity index (χ2v) is 7.29. The van der Waals surface area contributed by atoms with Gasteiger partial charge in [-0.3, -0.25) is 4.79 Å². The Balaban J connectivity index is 1.43. The number of ether oxygens (including phenoxy) is 1. The maximum absolute atomic E-state index is 13.0. The van der Waals surface area contributed by atoms with Crippen molar-refractivity contribution in [2.75, 3.05) is 7.05 Å². The van der Waals surface area contributed by atoms with E-state index in [0.29, 0.717) is 17.9 Å². The minimum atomic E-state index is 0.0268. The zero-order chi connectivity index (χ0) is 19.7. The van der Waals surface area contributed by atoms with Crippen LogP contribution in [0.2, 0.25) is 0 Å². The Morgan fingerprint density at radius 3 is 2.64 bits per heavy atom. The molecule has 1 aliphatic carbocycles. The molecule has 0 bridgehead atoms. The van der Waals surface area contributed by atoms with Crippen LogP contribution in [0.15, 0.2) is 53.1 Å². The predicted molar refractivity (Wildman–Crippen MR) is 106 cm³/mol. The van der Waals surface area contributed by atoms with Crippen molar-refractivity contribution in [1.82, 2.24) is 10.1 Å². The average Bonchev–Trinajstić information content (AvgIpc) is 3.29. The molecule has 28 heavy (non-hydrogen) atoms. The monoisotopic (exact) mass is 376 g/mol. The zero-order valence-electron chi connectivity index (χ0n) is 16.4. The molecule has 2 aromatic carbocycles. The molecule has 1 aromatic heterocycles. The van der Waals surface area contributed by atoms with Crippen molar-refractivity contribution in [3.63, 3.8) is 0 Å². The highest BCUT2D eigenvalue weighted by Crippen LogP contribution is 2.35. The topological polar surface area (TPSA) is 55.6 Å². The van der Waals surface area contributed by atoms with E-state index in [2.05, 4.69) is 23.4 Å². The van der Waals surface area contributed by atoms with Gasteiger partial charge in [-0.1, -0.05) is 29.4 Å². The summed E-state index contributed by atoms with van der Waals surface area (Å²) in [4.78, 5) is 14.8. The summed E-state index contributed by atoms with van der Waals surface area (Å²) in [6.07, 6.45) is 1.99. The van der Waals surface area contributed by atoms with Gasteiger partial charge >= 0.3 is 0 Å². The van der Waals surface area contributed by atoms with Crippen molar-refractivity contribution in [3.05, 3.63) is 82.2 Å². The van der Waals surface area contributed by atoms with E-state index in [1.165, 1.54) is 11.1 Å². The first-order chi connectivity index (χ1) is 13.5. The number of carbonyl (C=O) groups is 1. The van der Waals surface area contributed by atoms with Crippen molar-refractivity contribution in [2.24, 2.45) is 0 Å². The lowest BCUT2D eigenvalue weighted by Gasteiger charge is -2.25. The molecule has 1 atom stereocenters. The smallest absolute Gasteiger partial charge is 0.254 e. The SMILES string of the molecule is Cc1noc(C)c1COc1ccc(C(=O)N(C)[C@H]2CCc3ccccc32)cc1. The van der Waals surface area contributed by atoms with Crippen LogP contribution in [0.4, 0.5) is 0 Å². The molecule has 0 radical (unpaired) electrons. The highest BCUT2D eigenvalue weighted by molar-refractivity contribution is 5.94. The van der Waals surface area contributed by atoms with Gasteiger partial charge in [0.1, 0.15) is 18.1 Å². The average molecular weight is 376 g/mol. The number of carbonyl (C=O) groups excluding carboxylic acids is 1. The molecule has 1 amide bonds. The Hall–Kier alpha value is -3.08. The van der Waals surface area contributed by atoms with Crippen molar-refractivity contribution in [3.8, 4) is 5.75 Å². The number of aromatic nitrogens is 1. The summed E-state index contributed by atoms with van der Waals surface area (Å²) in [6.45, 7) is 4.17. The molecule has 1 aliphatic rings. The summed E-state index contributed by atoms with van der Waals surface area (Å²) in [5.74, 6) is 1.51. The van der Waals surface area contributed by atoms with Gasteiger partial charge in [-0.05, 0) is 62.1 Å². The third-order valence-electron chi connectivity index (χ3n) is 5.55. The summed E-state index contributed by atoms with van der Waals surface area (Å²) in [6, 6.07) is 15.8. The lowest BCUT2D eigenvalue weighted by atomic mass is 10.1. The van der Waals surface area contributed by atoms with E-state index >= 15 is 0 Å². The van der Waals surface area contributed by atoms with Gasteiger partial charge in [0.25, 0.3) is 5.91 Å². The van der Waals surface area contributed by atoms with Gasteiger partial charge in [0, 0.05) is 12.6 Å². The number of aryl methyl sites for hydroxylation is 3. The Morgan fingerprint density at radius 2 is 1.93 bits per heavy atom. The molecule has 0 saturated heterocycles. The molecular formula is C23H24N2O3. The third-order valence-corrected chi connectivity index (χ3v) is 5.55. The van der Waals surface area contributed by atoms with E-state index in [4.69, 9.17) is 9.26 Å². The normalized spacial score (nSPS) is 15.3. The standard InChI is InChI=1S/C23H24N2O3/c1-15-21(16(2)28-24-15)14-27-19-11-8-18(9-12-19)23(26)25(3)22-13-10-17-6-4-5-7-20(17)22/h4-9,11-12,22H,10,13-14H2,1-3H3/t22-/m0/s1. The molecule has 0 fully saturated rings. The summed E-state index contributed by atoms with van der Waals surface area (Å²) in [7, 11) is 1.89. The fraction of sp³-hybridized carbons (Fsp3) is 0.304. The van der Waals surface area contributed by atoms with Crippen LogP contribution in [0.1, 0.15) is 51.0 Å². The van der Waals surface area contributed by atoms with Crippen LogP contribution in [0.3, 0.4) is 0 Å². The van der Waals surface area contributed by atoms with Gasteiger partial charge in [-0.2, -0.15) is 0 Å². The number of fused-ring (bicyclic) bond motifs is 1. The largest absolute Gasteiger partial charge is 0.489 e. The minimum absolute atomic E-state index is 0.0268. The quantitative estimate of drug-likeness (QED) is 0.651. The second kappa shape index (κ2) is 7.50. The maximum Gasteiger partial charge on any atom is 0.254 e.